The van der Waals surface area contributed by atoms with Crippen LogP contribution in [0.2, 0.25) is 5.02 Å². The van der Waals surface area contributed by atoms with Crippen LogP contribution >= 0.6 is 11.6 Å². The maximum absolute atomic E-state index is 11.7. The van der Waals surface area contributed by atoms with Crippen molar-refractivity contribution in [1.29, 1.82) is 0 Å². The molecule has 0 amide bonds. The van der Waals surface area contributed by atoms with Gasteiger partial charge < -0.3 is 4.74 Å². The van der Waals surface area contributed by atoms with Gasteiger partial charge in [-0.15, -0.1) is 0 Å². The Morgan fingerprint density at radius 1 is 1.31 bits per heavy atom. The summed E-state index contributed by atoms with van der Waals surface area (Å²) in [7, 11) is 0. The molecule has 0 saturated carbocycles. The van der Waals surface area contributed by atoms with Gasteiger partial charge in [0.15, 0.2) is 5.78 Å². The largest absolute Gasteiger partial charge is 0.373 e. The van der Waals surface area contributed by atoms with E-state index in [0.717, 1.165) is 19.3 Å². The number of Topliss-reactive ketones (excluding diaryl/α,β-unsaturated/α-hetero) is 1. The number of hydrogen-bond donors (Lipinski definition) is 0. The van der Waals surface area contributed by atoms with Gasteiger partial charge in [0.1, 0.15) is 6.61 Å². The number of ketones is 1. The predicted molar refractivity (Wildman–Crippen MR) is 66.1 cm³/mol. The van der Waals surface area contributed by atoms with Gasteiger partial charge in [-0.2, -0.15) is 0 Å². The quantitative estimate of drug-likeness (QED) is 0.536. The molecule has 0 bridgehead atoms. The minimum Gasteiger partial charge on any atom is -0.373 e. The van der Waals surface area contributed by atoms with E-state index in [1.807, 2.05) is 0 Å². The Hall–Kier alpha value is -0.860. The highest BCUT2D eigenvalue weighted by Crippen LogP contribution is 2.15. The number of benzene rings is 1. The smallest absolute Gasteiger partial charge is 0.189 e. The van der Waals surface area contributed by atoms with Gasteiger partial charge in [0.25, 0.3) is 0 Å². The molecule has 0 aliphatic carbocycles. The minimum absolute atomic E-state index is 0.0536. The highest BCUT2D eigenvalue weighted by molar-refractivity contribution is 6.34. The molecule has 0 atom stereocenters. The Bertz CT molecular complexity index is 336. The van der Waals surface area contributed by atoms with Crippen molar-refractivity contribution in [2.45, 2.75) is 26.2 Å². The summed E-state index contributed by atoms with van der Waals surface area (Å²) in [6, 6.07) is 7.04. The van der Waals surface area contributed by atoms with Crippen LogP contribution in [0.4, 0.5) is 0 Å². The topological polar surface area (TPSA) is 26.3 Å². The van der Waals surface area contributed by atoms with Crippen LogP contribution in [-0.2, 0) is 4.74 Å². The first kappa shape index (κ1) is 13.2. The fourth-order valence-electron chi connectivity index (χ4n) is 1.38. The van der Waals surface area contributed by atoms with Gasteiger partial charge in [-0.05, 0) is 18.6 Å². The maximum atomic E-state index is 11.7. The van der Waals surface area contributed by atoms with Crippen molar-refractivity contribution in [3.05, 3.63) is 34.9 Å². The molecular weight excluding hydrogens is 224 g/mol. The minimum atomic E-state index is -0.0536. The zero-order valence-electron chi connectivity index (χ0n) is 9.54. The molecule has 3 heteroatoms. The molecule has 0 aliphatic heterocycles. The molecule has 0 saturated heterocycles. The molecule has 1 aromatic carbocycles. The zero-order valence-corrected chi connectivity index (χ0v) is 10.3. The van der Waals surface area contributed by atoms with Crippen LogP contribution < -0.4 is 0 Å². The Balaban J connectivity index is 2.33. The van der Waals surface area contributed by atoms with E-state index in [0.29, 0.717) is 17.2 Å². The van der Waals surface area contributed by atoms with Gasteiger partial charge in [-0.3, -0.25) is 4.79 Å². The zero-order chi connectivity index (χ0) is 11.8. The van der Waals surface area contributed by atoms with Crippen LogP contribution in [0.15, 0.2) is 24.3 Å². The summed E-state index contributed by atoms with van der Waals surface area (Å²) in [4.78, 5) is 11.7. The molecule has 0 heterocycles. The molecule has 0 fully saturated rings. The van der Waals surface area contributed by atoms with Crippen molar-refractivity contribution in [3.63, 3.8) is 0 Å². The van der Waals surface area contributed by atoms with Crippen LogP contribution in [0, 0.1) is 0 Å². The van der Waals surface area contributed by atoms with Gasteiger partial charge in [-0.1, -0.05) is 43.5 Å². The van der Waals surface area contributed by atoms with Crippen molar-refractivity contribution in [1.82, 2.24) is 0 Å². The summed E-state index contributed by atoms with van der Waals surface area (Å²) < 4.78 is 5.30. The standard InChI is InChI=1S/C13H17ClO2/c1-2-3-6-9-16-10-13(15)11-7-4-5-8-12(11)14/h4-5,7-8H,2-3,6,9-10H2,1H3. The number of halogens is 1. The first-order valence-electron chi connectivity index (χ1n) is 5.61. The number of rotatable bonds is 7. The van der Waals surface area contributed by atoms with E-state index in [1.165, 1.54) is 0 Å². The molecule has 2 nitrogen and oxygen atoms in total. The molecule has 0 radical (unpaired) electrons. The highest BCUT2D eigenvalue weighted by atomic mass is 35.5. The fourth-order valence-corrected chi connectivity index (χ4v) is 1.63. The second kappa shape index (κ2) is 7.42. The molecule has 0 aliphatic rings. The summed E-state index contributed by atoms with van der Waals surface area (Å²) in [5.41, 5.74) is 0.541. The lowest BCUT2D eigenvalue weighted by Crippen LogP contribution is -2.10. The number of unbranched alkanes of at least 4 members (excludes halogenated alkanes) is 2. The van der Waals surface area contributed by atoms with Crippen LogP contribution in [0.1, 0.15) is 36.5 Å². The van der Waals surface area contributed by atoms with E-state index in [-0.39, 0.29) is 12.4 Å². The number of carbonyl (C=O) groups excluding carboxylic acids is 1. The number of carbonyl (C=O) groups is 1. The van der Waals surface area contributed by atoms with E-state index in [2.05, 4.69) is 6.92 Å². The van der Waals surface area contributed by atoms with E-state index in [4.69, 9.17) is 16.3 Å². The highest BCUT2D eigenvalue weighted by Gasteiger charge is 2.08. The average molecular weight is 241 g/mol. The lowest BCUT2D eigenvalue weighted by molar-refractivity contribution is 0.0753. The Morgan fingerprint density at radius 3 is 2.75 bits per heavy atom. The third-order valence-electron chi connectivity index (χ3n) is 2.30. The molecule has 0 aromatic heterocycles. The van der Waals surface area contributed by atoms with Crippen LogP contribution in [0.3, 0.4) is 0 Å². The first-order valence-corrected chi connectivity index (χ1v) is 5.99. The van der Waals surface area contributed by atoms with Gasteiger partial charge in [0.2, 0.25) is 0 Å². The van der Waals surface area contributed by atoms with Gasteiger partial charge >= 0.3 is 0 Å². The van der Waals surface area contributed by atoms with Gasteiger partial charge in [0, 0.05) is 12.2 Å². The predicted octanol–water partition coefficient (Wildman–Crippen LogP) is 3.73. The van der Waals surface area contributed by atoms with E-state index in [1.54, 1.807) is 24.3 Å². The molecule has 0 unspecified atom stereocenters. The van der Waals surface area contributed by atoms with E-state index >= 15 is 0 Å². The van der Waals surface area contributed by atoms with Gasteiger partial charge in [-0.25, -0.2) is 0 Å². The Kier molecular flexibility index (Phi) is 6.12. The Labute approximate surface area is 102 Å². The number of ether oxygens (including phenoxy) is 1. The third kappa shape index (κ3) is 4.33. The normalized spacial score (nSPS) is 10.4. The SMILES string of the molecule is CCCCCOCC(=O)c1ccccc1Cl. The van der Waals surface area contributed by atoms with Crippen molar-refractivity contribution in [3.8, 4) is 0 Å². The van der Waals surface area contributed by atoms with Crippen molar-refractivity contribution < 1.29 is 9.53 Å². The summed E-state index contributed by atoms with van der Waals surface area (Å²) in [5.74, 6) is -0.0536. The van der Waals surface area contributed by atoms with Crippen molar-refractivity contribution >= 4 is 17.4 Å². The lowest BCUT2D eigenvalue weighted by atomic mass is 10.1. The van der Waals surface area contributed by atoms with Crippen molar-refractivity contribution in [2.75, 3.05) is 13.2 Å². The van der Waals surface area contributed by atoms with E-state index in [9.17, 15) is 4.79 Å². The third-order valence-corrected chi connectivity index (χ3v) is 2.63. The van der Waals surface area contributed by atoms with E-state index < -0.39 is 0 Å². The number of hydrogen-bond acceptors (Lipinski definition) is 2. The lowest BCUT2D eigenvalue weighted by Gasteiger charge is -2.04. The molecular formula is C13H17ClO2. The second-order valence-electron chi connectivity index (χ2n) is 3.66. The van der Waals surface area contributed by atoms with Crippen LogP contribution in [0.25, 0.3) is 0 Å². The molecule has 88 valence electrons. The van der Waals surface area contributed by atoms with Gasteiger partial charge in [0.05, 0.1) is 5.02 Å². The second-order valence-corrected chi connectivity index (χ2v) is 4.07. The molecule has 1 rings (SSSR count). The van der Waals surface area contributed by atoms with Crippen molar-refractivity contribution in [2.24, 2.45) is 0 Å². The Morgan fingerprint density at radius 2 is 2.06 bits per heavy atom. The molecule has 1 aromatic rings. The first-order chi connectivity index (χ1) is 7.75. The summed E-state index contributed by atoms with van der Waals surface area (Å²) in [6.45, 7) is 2.90. The summed E-state index contributed by atoms with van der Waals surface area (Å²) >= 11 is 5.91. The monoisotopic (exact) mass is 240 g/mol. The molecule has 0 spiro atoms. The summed E-state index contributed by atoms with van der Waals surface area (Å²) in [5, 5.41) is 0.490. The summed E-state index contributed by atoms with van der Waals surface area (Å²) in [6.07, 6.45) is 3.30. The van der Waals surface area contributed by atoms with Crippen LogP contribution in [-0.4, -0.2) is 19.0 Å². The molecule has 16 heavy (non-hydrogen) atoms. The fraction of sp³-hybridized carbons (Fsp3) is 0.462. The molecule has 0 N–H and O–H groups in total. The maximum Gasteiger partial charge on any atom is 0.189 e. The average Bonchev–Trinajstić information content (AvgIpc) is 2.29. The van der Waals surface area contributed by atoms with Crippen LogP contribution in [0.5, 0.6) is 0 Å².